The van der Waals surface area contributed by atoms with Crippen LogP contribution in [0.3, 0.4) is 0 Å². The highest BCUT2D eigenvalue weighted by molar-refractivity contribution is 5.82. The van der Waals surface area contributed by atoms with E-state index in [4.69, 9.17) is 0 Å². The number of anilines is 1. The summed E-state index contributed by atoms with van der Waals surface area (Å²) in [7, 11) is 0. The number of piperazine rings is 1. The molecule has 2 heterocycles. The van der Waals surface area contributed by atoms with Gasteiger partial charge < -0.3 is 4.90 Å². The van der Waals surface area contributed by atoms with Crippen molar-refractivity contribution in [3.05, 3.63) is 66.1 Å². The Labute approximate surface area is 142 Å². The van der Waals surface area contributed by atoms with Crippen LogP contribution in [-0.2, 0) is 6.54 Å². The minimum atomic E-state index is 1.02. The Morgan fingerprint density at radius 3 is 2.54 bits per heavy atom. The normalized spacial score (nSPS) is 15.8. The van der Waals surface area contributed by atoms with Gasteiger partial charge in [-0.15, -0.1) is 0 Å². The van der Waals surface area contributed by atoms with Crippen LogP contribution in [0.25, 0.3) is 10.8 Å². The molecule has 0 radical (unpaired) electrons. The Morgan fingerprint density at radius 1 is 0.958 bits per heavy atom. The van der Waals surface area contributed by atoms with Gasteiger partial charge >= 0.3 is 0 Å². The molecule has 0 N–H and O–H groups in total. The van der Waals surface area contributed by atoms with Crippen molar-refractivity contribution in [2.24, 2.45) is 0 Å². The van der Waals surface area contributed by atoms with Gasteiger partial charge in [0.15, 0.2) is 0 Å². The van der Waals surface area contributed by atoms with Crippen LogP contribution in [0, 0.1) is 6.92 Å². The van der Waals surface area contributed by atoms with E-state index >= 15 is 0 Å². The molecule has 1 aliphatic heterocycles. The quantitative estimate of drug-likeness (QED) is 0.742. The van der Waals surface area contributed by atoms with Gasteiger partial charge in [-0.05, 0) is 29.3 Å². The van der Waals surface area contributed by atoms with E-state index in [2.05, 4.69) is 69.2 Å². The summed E-state index contributed by atoms with van der Waals surface area (Å²) in [6, 6.07) is 15.4. The molecule has 4 rings (SSSR count). The summed E-state index contributed by atoms with van der Waals surface area (Å²) < 4.78 is 0. The van der Waals surface area contributed by atoms with Crippen LogP contribution in [0.4, 0.5) is 5.82 Å². The zero-order chi connectivity index (χ0) is 16.4. The lowest BCUT2D eigenvalue weighted by atomic mass is 10.1. The van der Waals surface area contributed by atoms with Crippen molar-refractivity contribution in [2.75, 3.05) is 31.1 Å². The van der Waals surface area contributed by atoms with Gasteiger partial charge in [-0.2, -0.15) is 0 Å². The van der Waals surface area contributed by atoms with Crippen molar-refractivity contribution in [1.29, 1.82) is 0 Å². The zero-order valence-electron chi connectivity index (χ0n) is 14.0. The van der Waals surface area contributed by atoms with Crippen molar-refractivity contribution in [3.8, 4) is 0 Å². The summed E-state index contributed by atoms with van der Waals surface area (Å²) >= 11 is 0. The molecule has 0 aliphatic carbocycles. The third-order valence-corrected chi connectivity index (χ3v) is 4.76. The third kappa shape index (κ3) is 3.10. The molecule has 1 fully saturated rings. The average molecular weight is 318 g/mol. The second-order valence-electron chi connectivity index (χ2n) is 6.47. The molecule has 0 spiro atoms. The van der Waals surface area contributed by atoms with E-state index in [0.717, 1.165) is 44.1 Å². The molecular formula is C20H22N4. The molecule has 0 bridgehead atoms. The molecule has 0 atom stereocenters. The van der Waals surface area contributed by atoms with Crippen molar-refractivity contribution < 1.29 is 0 Å². The zero-order valence-corrected chi connectivity index (χ0v) is 14.0. The van der Waals surface area contributed by atoms with Crippen LogP contribution in [0.1, 0.15) is 11.1 Å². The number of fused-ring (bicyclic) bond motifs is 1. The maximum Gasteiger partial charge on any atom is 0.134 e. The Morgan fingerprint density at radius 2 is 1.75 bits per heavy atom. The van der Waals surface area contributed by atoms with E-state index in [0.29, 0.717) is 0 Å². The molecule has 4 nitrogen and oxygen atoms in total. The first-order chi connectivity index (χ1) is 11.8. The molecule has 1 saturated heterocycles. The molecule has 0 amide bonds. The van der Waals surface area contributed by atoms with Crippen molar-refractivity contribution in [3.63, 3.8) is 0 Å². The second-order valence-corrected chi connectivity index (χ2v) is 6.47. The highest BCUT2D eigenvalue weighted by Gasteiger charge is 2.19. The van der Waals surface area contributed by atoms with Crippen LogP contribution in [-0.4, -0.2) is 41.0 Å². The Bertz CT molecular complexity index is 838. The average Bonchev–Trinajstić information content (AvgIpc) is 2.63. The largest absolute Gasteiger partial charge is 0.354 e. The lowest BCUT2D eigenvalue weighted by molar-refractivity contribution is 0.249. The van der Waals surface area contributed by atoms with E-state index in [1.807, 2.05) is 6.20 Å². The first-order valence-electron chi connectivity index (χ1n) is 8.51. The minimum absolute atomic E-state index is 1.02. The fraction of sp³-hybridized carbons (Fsp3) is 0.300. The van der Waals surface area contributed by atoms with Gasteiger partial charge in [0.25, 0.3) is 0 Å². The molecule has 0 saturated carbocycles. The molecule has 24 heavy (non-hydrogen) atoms. The maximum atomic E-state index is 4.44. The Balaban J connectivity index is 1.41. The fourth-order valence-corrected chi connectivity index (χ4v) is 3.44. The monoisotopic (exact) mass is 318 g/mol. The van der Waals surface area contributed by atoms with E-state index in [-0.39, 0.29) is 0 Å². The van der Waals surface area contributed by atoms with Crippen molar-refractivity contribution in [2.45, 2.75) is 13.5 Å². The van der Waals surface area contributed by atoms with Gasteiger partial charge in [-0.1, -0.05) is 36.4 Å². The van der Waals surface area contributed by atoms with E-state index < -0.39 is 0 Å². The summed E-state index contributed by atoms with van der Waals surface area (Å²) in [5, 5.41) is 2.63. The first kappa shape index (κ1) is 15.1. The van der Waals surface area contributed by atoms with Gasteiger partial charge in [0.05, 0.1) is 0 Å². The smallest absolute Gasteiger partial charge is 0.134 e. The molecular weight excluding hydrogens is 296 g/mol. The predicted molar refractivity (Wildman–Crippen MR) is 98.2 cm³/mol. The van der Waals surface area contributed by atoms with Gasteiger partial charge in [0.1, 0.15) is 12.1 Å². The minimum Gasteiger partial charge on any atom is -0.354 e. The first-order valence-corrected chi connectivity index (χ1v) is 8.51. The van der Waals surface area contributed by atoms with Gasteiger partial charge in [-0.25, -0.2) is 9.97 Å². The number of benzene rings is 2. The van der Waals surface area contributed by atoms with E-state index in [1.54, 1.807) is 6.33 Å². The number of rotatable bonds is 3. The lowest BCUT2D eigenvalue weighted by Gasteiger charge is -2.36. The molecule has 3 aromatic rings. The molecule has 0 unspecified atom stereocenters. The summed E-state index contributed by atoms with van der Waals surface area (Å²) in [5.74, 6) is 1.08. The van der Waals surface area contributed by atoms with Gasteiger partial charge in [0, 0.05) is 44.5 Å². The van der Waals surface area contributed by atoms with Crippen LogP contribution < -0.4 is 4.90 Å². The van der Waals surface area contributed by atoms with Gasteiger partial charge in [-0.3, -0.25) is 4.90 Å². The molecule has 1 aliphatic rings. The Hall–Kier alpha value is -2.46. The predicted octanol–water partition coefficient (Wildman–Crippen LogP) is 3.26. The number of hydrogen-bond acceptors (Lipinski definition) is 4. The van der Waals surface area contributed by atoms with Crippen LogP contribution >= 0.6 is 0 Å². The molecule has 4 heteroatoms. The SMILES string of the molecule is Cc1cncnc1N1CCN(Cc2ccc3ccccc3c2)CC1. The summed E-state index contributed by atoms with van der Waals surface area (Å²) in [6.45, 7) is 7.27. The number of nitrogens with zero attached hydrogens (tertiary/aromatic N) is 4. The van der Waals surface area contributed by atoms with Crippen LogP contribution in [0.2, 0.25) is 0 Å². The molecule has 1 aromatic heterocycles. The number of hydrogen-bond donors (Lipinski definition) is 0. The van der Waals surface area contributed by atoms with E-state index in [1.165, 1.54) is 16.3 Å². The van der Waals surface area contributed by atoms with Crippen molar-refractivity contribution in [1.82, 2.24) is 14.9 Å². The van der Waals surface area contributed by atoms with Crippen LogP contribution in [0.15, 0.2) is 55.0 Å². The molecule has 2 aromatic carbocycles. The fourth-order valence-electron chi connectivity index (χ4n) is 3.44. The lowest BCUT2D eigenvalue weighted by Crippen LogP contribution is -2.46. The third-order valence-electron chi connectivity index (χ3n) is 4.76. The highest BCUT2D eigenvalue weighted by Crippen LogP contribution is 2.20. The highest BCUT2D eigenvalue weighted by atomic mass is 15.3. The topological polar surface area (TPSA) is 32.3 Å². The summed E-state index contributed by atoms with van der Waals surface area (Å²) in [6.07, 6.45) is 3.54. The van der Waals surface area contributed by atoms with Crippen molar-refractivity contribution >= 4 is 16.6 Å². The van der Waals surface area contributed by atoms with E-state index in [9.17, 15) is 0 Å². The maximum absolute atomic E-state index is 4.44. The summed E-state index contributed by atoms with van der Waals surface area (Å²) in [4.78, 5) is 13.4. The second kappa shape index (κ2) is 6.57. The van der Waals surface area contributed by atoms with Gasteiger partial charge in [0.2, 0.25) is 0 Å². The summed E-state index contributed by atoms with van der Waals surface area (Å²) in [5.41, 5.74) is 2.54. The van der Waals surface area contributed by atoms with Crippen LogP contribution in [0.5, 0.6) is 0 Å². The Kier molecular flexibility index (Phi) is 4.13. The molecule has 122 valence electrons. The number of aromatic nitrogens is 2. The number of aryl methyl sites for hydroxylation is 1. The standard InChI is InChI=1S/C20H22N4/c1-16-13-21-15-22-20(16)24-10-8-23(9-11-24)14-17-6-7-18-4-2-3-5-19(18)12-17/h2-7,12-13,15H,8-11,14H2,1H3.